The number of carbonyl (C=O) groups excluding carboxylic acids is 1. The molecular formula is C20H22N4O5. The number of benzene rings is 2. The van der Waals surface area contributed by atoms with Crippen molar-refractivity contribution < 1.29 is 19.2 Å². The number of nitrogens with one attached hydrogen (secondary N) is 1. The molecule has 3 aromatic rings. The van der Waals surface area contributed by atoms with Crippen LogP contribution in [0.5, 0.6) is 11.5 Å². The molecule has 0 spiro atoms. The number of hydrogen-bond donors (Lipinski definition) is 1. The van der Waals surface area contributed by atoms with E-state index in [1.807, 2.05) is 13.0 Å². The first kappa shape index (κ1) is 20.1. The number of nitro benzene ring substituents is 1. The molecule has 0 aliphatic heterocycles. The van der Waals surface area contributed by atoms with E-state index >= 15 is 0 Å². The fraction of sp³-hybridized carbons (Fsp3) is 0.300. The van der Waals surface area contributed by atoms with Crippen LogP contribution in [0.3, 0.4) is 0 Å². The lowest BCUT2D eigenvalue weighted by atomic mass is 10.1. The summed E-state index contributed by atoms with van der Waals surface area (Å²) in [4.78, 5) is 23.0. The molecule has 0 bridgehead atoms. The van der Waals surface area contributed by atoms with Gasteiger partial charge in [0.25, 0.3) is 5.69 Å². The van der Waals surface area contributed by atoms with Crippen LogP contribution in [0.25, 0.3) is 10.9 Å². The fourth-order valence-corrected chi connectivity index (χ4v) is 3.13. The van der Waals surface area contributed by atoms with Gasteiger partial charge in [-0.25, -0.2) is 0 Å². The van der Waals surface area contributed by atoms with E-state index in [1.54, 1.807) is 43.3 Å². The Balaban J connectivity index is 1.68. The Bertz CT molecular complexity index is 1050. The highest BCUT2D eigenvalue weighted by molar-refractivity contribution is 5.81. The second-order valence-corrected chi connectivity index (χ2v) is 6.52. The number of methoxy groups -OCH3 is 2. The molecule has 29 heavy (non-hydrogen) atoms. The standard InChI is InChI=1S/C20H22N4O5/c1-13(17-11-16(28-2)6-7-19(17)29-3)22-20(25)8-9-23-18-10-15(24(26)27)5-4-14(18)12-21-23/h4-7,10-13H,8-9H2,1-3H3,(H,22,25)/t13-/m0/s1. The third-order valence-electron chi connectivity index (χ3n) is 4.67. The Morgan fingerprint density at radius 2 is 2.03 bits per heavy atom. The highest BCUT2D eigenvalue weighted by Gasteiger charge is 2.16. The van der Waals surface area contributed by atoms with Crippen molar-refractivity contribution in [1.29, 1.82) is 0 Å². The Morgan fingerprint density at radius 1 is 1.24 bits per heavy atom. The minimum atomic E-state index is -0.452. The number of fused-ring (bicyclic) bond motifs is 1. The van der Waals surface area contributed by atoms with E-state index < -0.39 is 4.92 Å². The van der Waals surface area contributed by atoms with Gasteiger partial charge in [-0.1, -0.05) is 0 Å². The summed E-state index contributed by atoms with van der Waals surface area (Å²) in [5, 5.41) is 18.9. The van der Waals surface area contributed by atoms with E-state index in [4.69, 9.17) is 9.47 Å². The number of amides is 1. The van der Waals surface area contributed by atoms with Crippen LogP contribution in [0, 0.1) is 10.1 Å². The number of ether oxygens (including phenoxy) is 2. The van der Waals surface area contributed by atoms with Crippen LogP contribution < -0.4 is 14.8 Å². The number of non-ortho nitro benzene ring substituents is 1. The van der Waals surface area contributed by atoms with Gasteiger partial charge < -0.3 is 14.8 Å². The first-order valence-electron chi connectivity index (χ1n) is 9.04. The van der Waals surface area contributed by atoms with Crippen molar-refractivity contribution in [3.05, 3.63) is 58.3 Å². The van der Waals surface area contributed by atoms with E-state index in [0.29, 0.717) is 23.6 Å². The smallest absolute Gasteiger partial charge is 0.271 e. The van der Waals surface area contributed by atoms with Crippen LogP contribution in [0.4, 0.5) is 5.69 Å². The molecule has 3 rings (SSSR count). The van der Waals surface area contributed by atoms with Gasteiger partial charge in [0.15, 0.2) is 0 Å². The second kappa shape index (κ2) is 8.59. The quantitative estimate of drug-likeness (QED) is 0.461. The van der Waals surface area contributed by atoms with E-state index in [0.717, 1.165) is 10.9 Å². The number of nitrogens with zero attached hydrogens (tertiary/aromatic N) is 3. The van der Waals surface area contributed by atoms with Crippen molar-refractivity contribution in [3.8, 4) is 11.5 Å². The van der Waals surface area contributed by atoms with Crippen molar-refractivity contribution in [2.75, 3.05) is 14.2 Å². The average Bonchev–Trinajstić information content (AvgIpc) is 3.13. The fourth-order valence-electron chi connectivity index (χ4n) is 3.13. The van der Waals surface area contributed by atoms with E-state index in [2.05, 4.69) is 10.4 Å². The number of aromatic nitrogens is 2. The minimum absolute atomic E-state index is 0.0116. The van der Waals surface area contributed by atoms with Gasteiger partial charge in [0.1, 0.15) is 11.5 Å². The van der Waals surface area contributed by atoms with Crippen LogP contribution >= 0.6 is 0 Å². The molecule has 0 aliphatic rings. The Morgan fingerprint density at radius 3 is 2.72 bits per heavy atom. The maximum Gasteiger partial charge on any atom is 0.271 e. The van der Waals surface area contributed by atoms with Gasteiger partial charge in [0.2, 0.25) is 5.91 Å². The van der Waals surface area contributed by atoms with Crippen molar-refractivity contribution in [3.63, 3.8) is 0 Å². The molecule has 1 amide bonds. The van der Waals surface area contributed by atoms with Crippen molar-refractivity contribution in [2.24, 2.45) is 0 Å². The summed E-state index contributed by atoms with van der Waals surface area (Å²) in [6, 6.07) is 9.66. The van der Waals surface area contributed by atoms with E-state index in [-0.39, 0.29) is 24.1 Å². The molecule has 0 saturated heterocycles. The Labute approximate surface area is 167 Å². The molecule has 9 nitrogen and oxygen atoms in total. The summed E-state index contributed by atoms with van der Waals surface area (Å²) < 4.78 is 12.2. The predicted octanol–water partition coefficient (Wildman–Crippen LogP) is 3.23. The minimum Gasteiger partial charge on any atom is -0.497 e. The van der Waals surface area contributed by atoms with Gasteiger partial charge in [-0.2, -0.15) is 5.10 Å². The highest BCUT2D eigenvalue weighted by atomic mass is 16.6. The molecule has 0 saturated carbocycles. The molecule has 152 valence electrons. The molecule has 0 unspecified atom stereocenters. The highest BCUT2D eigenvalue weighted by Crippen LogP contribution is 2.29. The largest absolute Gasteiger partial charge is 0.497 e. The van der Waals surface area contributed by atoms with Gasteiger partial charge >= 0.3 is 0 Å². The van der Waals surface area contributed by atoms with E-state index in [1.165, 1.54) is 12.1 Å². The summed E-state index contributed by atoms with van der Waals surface area (Å²) in [6.07, 6.45) is 1.80. The molecule has 1 N–H and O–H groups in total. The summed E-state index contributed by atoms with van der Waals surface area (Å²) in [6.45, 7) is 2.17. The number of hydrogen-bond acceptors (Lipinski definition) is 6. The first-order valence-corrected chi connectivity index (χ1v) is 9.04. The lowest BCUT2D eigenvalue weighted by Gasteiger charge is -2.18. The number of carbonyl (C=O) groups is 1. The molecule has 2 aromatic carbocycles. The van der Waals surface area contributed by atoms with Gasteiger partial charge in [-0.3, -0.25) is 19.6 Å². The molecule has 1 heterocycles. The third kappa shape index (κ3) is 4.45. The van der Waals surface area contributed by atoms with Crippen molar-refractivity contribution in [1.82, 2.24) is 15.1 Å². The number of rotatable bonds is 8. The molecule has 0 aliphatic carbocycles. The van der Waals surface area contributed by atoms with Gasteiger partial charge in [0, 0.05) is 29.5 Å². The Hall–Kier alpha value is -3.62. The molecule has 9 heteroatoms. The van der Waals surface area contributed by atoms with Crippen LogP contribution in [-0.2, 0) is 11.3 Å². The zero-order valence-electron chi connectivity index (χ0n) is 16.4. The van der Waals surface area contributed by atoms with Gasteiger partial charge in [0.05, 0.1) is 43.4 Å². The normalized spacial score (nSPS) is 11.8. The monoisotopic (exact) mass is 398 g/mol. The third-order valence-corrected chi connectivity index (χ3v) is 4.67. The Kier molecular flexibility index (Phi) is 5.96. The molecule has 1 aromatic heterocycles. The van der Waals surface area contributed by atoms with Crippen LogP contribution in [-0.4, -0.2) is 34.8 Å². The average molecular weight is 398 g/mol. The van der Waals surface area contributed by atoms with Gasteiger partial charge in [-0.05, 0) is 31.2 Å². The van der Waals surface area contributed by atoms with Gasteiger partial charge in [-0.15, -0.1) is 0 Å². The topological polar surface area (TPSA) is 109 Å². The second-order valence-electron chi connectivity index (χ2n) is 6.52. The maximum absolute atomic E-state index is 12.5. The van der Waals surface area contributed by atoms with Crippen LogP contribution in [0.1, 0.15) is 24.9 Å². The molecule has 0 fully saturated rings. The lowest BCUT2D eigenvalue weighted by Crippen LogP contribution is -2.27. The lowest BCUT2D eigenvalue weighted by molar-refractivity contribution is -0.384. The van der Waals surface area contributed by atoms with E-state index in [9.17, 15) is 14.9 Å². The van der Waals surface area contributed by atoms with Crippen LogP contribution in [0.2, 0.25) is 0 Å². The number of nitro groups is 1. The summed E-state index contributed by atoms with van der Waals surface area (Å²) in [5.41, 5.74) is 1.41. The zero-order valence-corrected chi connectivity index (χ0v) is 16.4. The first-order chi connectivity index (χ1) is 13.9. The molecular weight excluding hydrogens is 376 g/mol. The zero-order chi connectivity index (χ0) is 21.0. The molecule has 0 radical (unpaired) electrons. The maximum atomic E-state index is 12.5. The summed E-state index contributed by atoms with van der Waals surface area (Å²) in [7, 11) is 3.15. The number of aryl methyl sites for hydroxylation is 1. The van der Waals surface area contributed by atoms with Crippen molar-refractivity contribution >= 4 is 22.5 Å². The van der Waals surface area contributed by atoms with Crippen LogP contribution in [0.15, 0.2) is 42.6 Å². The summed E-state index contributed by atoms with van der Waals surface area (Å²) in [5.74, 6) is 1.16. The molecule has 1 atom stereocenters. The SMILES string of the molecule is COc1ccc(OC)c([C@H](C)NC(=O)CCn2ncc3ccc([N+](=O)[O-])cc32)c1. The predicted molar refractivity (Wildman–Crippen MR) is 107 cm³/mol. The van der Waals surface area contributed by atoms with Crippen molar-refractivity contribution in [2.45, 2.75) is 25.9 Å². The summed E-state index contributed by atoms with van der Waals surface area (Å²) >= 11 is 0.